The number of aromatic nitrogens is 3. The van der Waals surface area contributed by atoms with Crippen molar-refractivity contribution in [3.8, 4) is 28.8 Å². The maximum absolute atomic E-state index is 12.5. The fourth-order valence-corrected chi connectivity index (χ4v) is 4.08. The van der Waals surface area contributed by atoms with Gasteiger partial charge in [0.05, 0.1) is 12.1 Å². The van der Waals surface area contributed by atoms with Gasteiger partial charge in [0.25, 0.3) is 5.91 Å². The number of ether oxygens (including phenoxy) is 1. The van der Waals surface area contributed by atoms with Crippen LogP contribution in [-0.2, 0) is 15.8 Å². The van der Waals surface area contributed by atoms with Gasteiger partial charge in [0, 0.05) is 11.1 Å². The van der Waals surface area contributed by atoms with Crippen LogP contribution in [0.2, 0.25) is 5.02 Å². The fourth-order valence-electron chi connectivity index (χ4n) is 3.87. The molecule has 1 heterocycles. The van der Waals surface area contributed by atoms with Gasteiger partial charge in [-0.1, -0.05) is 87.0 Å². The summed E-state index contributed by atoms with van der Waals surface area (Å²) in [6.45, 7) is 6.39. The van der Waals surface area contributed by atoms with E-state index < -0.39 is 11.5 Å². The maximum Gasteiger partial charge on any atom is 0.320 e. The van der Waals surface area contributed by atoms with E-state index >= 15 is 0 Å². The largest absolute Gasteiger partial charge is 0.467 e. The number of benzene rings is 3. The van der Waals surface area contributed by atoms with Crippen LogP contribution in [0.5, 0.6) is 6.01 Å². The van der Waals surface area contributed by atoms with Crippen molar-refractivity contribution in [1.82, 2.24) is 15.0 Å². The Kier molecular flexibility index (Phi) is 6.80. The molecule has 1 aromatic heterocycles. The van der Waals surface area contributed by atoms with E-state index in [2.05, 4.69) is 41.8 Å². The van der Waals surface area contributed by atoms with Gasteiger partial charge in [0.2, 0.25) is 0 Å². The van der Waals surface area contributed by atoms with Gasteiger partial charge in [-0.05, 0) is 40.3 Å². The molecule has 4 rings (SSSR count). The lowest BCUT2D eigenvalue weighted by molar-refractivity contribution is -0.133. The number of nitrogens with zero attached hydrogens (tertiary/aromatic N) is 3. The first-order valence-corrected chi connectivity index (χ1v) is 11.7. The highest BCUT2D eigenvalue weighted by atomic mass is 35.5. The van der Waals surface area contributed by atoms with E-state index in [1.165, 1.54) is 7.11 Å². The number of methoxy groups -OCH3 is 1. The van der Waals surface area contributed by atoms with Crippen LogP contribution in [0.3, 0.4) is 0 Å². The van der Waals surface area contributed by atoms with Crippen LogP contribution in [0, 0.1) is 0 Å². The molecule has 3 N–H and O–H groups in total. The number of amides is 1. The summed E-state index contributed by atoms with van der Waals surface area (Å²) >= 11 is 6.55. The summed E-state index contributed by atoms with van der Waals surface area (Å²) in [7, 11) is 1.47. The molecule has 184 valence electrons. The van der Waals surface area contributed by atoms with E-state index in [9.17, 15) is 9.90 Å². The molecule has 1 amide bonds. The Hall–Kier alpha value is -3.81. The quantitative estimate of drug-likeness (QED) is 0.388. The molecule has 0 aliphatic carbocycles. The summed E-state index contributed by atoms with van der Waals surface area (Å²) in [5.41, 5.74) is 6.39. The van der Waals surface area contributed by atoms with E-state index in [4.69, 9.17) is 22.1 Å². The smallest absolute Gasteiger partial charge is 0.320 e. The molecule has 36 heavy (non-hydrogen) atoms. The van der Waals surface area contributed by atoms with Gasteiger partial charge in [-0.25, -0.2) is 4.98 Å². The lowest BCUT2D eigenvalue weighted by Gasteiger charge is -2.26. The third-order valence-electron chi connectivity index (χ3n) is 5.96. The van der Waals surface area contributed by atoms with Gasteiger partial charge >= 0.3 is 6.01 Å². The van der Waals surface area contributed by atoms with Gasteiger partial charge in [0.15, 0.2) is 17.2 Å². The third-order valence-corrected chi connectivity index (χ3v) is 6.29. The van der Waals surface area contributed by atoms with Crippen molar-refractivity contribution in [1.29, 1.82) is 0 Å². The predicted molar refractivity (Wildman–Crippen MR) is 140 cm³/mol. The normalized spacial score (nSPS) is 13.2. The van der Waals surface area contributed by atoms with Crippen LogP contribution in [0.1, 0.15) is 37.5 Å². The van der Waals surface area contributed by atoms with Crippen molar-refractivity contribution in [3.63, 3.8) is 0 Å². The van der Waals surface area contributed by atoms with Crippen molar-refractivity contribution in [2.24, 2.45) is 5.73 Å². The van der Waals surface area contributed by atoms with E-state index in [-0.39, 0.29) is 22.8 Å². The zero-order valence-corrected chi connectivity index (χ0v) is 21.2. The molecule has 3 aromatic carbocycles. The molecule has 0 saturated carbocycles. The minimum Gasteiger partial charge on any atom is -0.467 e. The summed E-state index contributed by atoms with van der Waals surface area (Å²) in [5, 5.41) is 11.8. The Morgan fingerprint density at radius 3 is 2.17 bits per heavy atom. The van der Waals surface area contributed by atoms with Gasteiger partial charge in [0.1, 0.15) is 0 Å². The number of aliphatic hydroxyl groups is 1. The number of hydrogen-bond donors (Lipinski definition) is 2. The Bertz CT molecular complexity index is 1420. The van der Waals surface area contributed by atoms with E-state index in [1.807, 2.05) is 18.2 Å². The second kappa shape index (κ2) is 9.68. The van der Waals surface area contributed by atoms with Crippen molar-refractivity contribution in [3.05, 3.63) is 94.5 Å². The third kappa shape index (κ3) is 4.80. The molecule has 1 atom stereocenters. The average molecular weight is 503 g/mol. The minimum atomic E-state index is -2.08. The SMILES string of the molecule is COc1nc(-c2cccc(C(C)(C)C)c2)nc(-c2cc(C(O)(C(N)=O)c3ccccc3)ccc2Cl)n1. The molecule has 0 spiro atoms. The number of halogens is 1. The molecule has 0 bridgehead atoms. The molecule has 0 aliphatic heterocycles. The van der Waals surface area contributed by atoms with Gasteiger partial charge in [-0.15, -0.1) is 0 Å². The van der Waals surface area contributed by atoms with Crippen LogP contribution >= 0.6 is 11.6 Å². The molecular formula is C28H27ClN4O3. The average Bonchev–Trinajstić information content (AvgIpc) is 2.88. The minimum absolute atomic E-state index is 0.0652. The Morgan fingerprint density at radius 1 is 0.861 bits per heavy atom. The molecule has 1 unspecified atom stereocenters. The molecule has 0 saturated heterocycles. The summed E-state index contributed by atoms with van der Waals surface area (Å²) in [6, 6.07) is 21.2. The standard InChI is InChI=1S/C28H27ClN4O3/c1-27(2,3)19-12-8-9-17(15-19)23-31-24(33-26(32-23)36-4)21-16-20(13-14-22(21)29)28(35,25(30)34)18-10-6-5-7-11-18/h5-16,35H,1-4H3,(H2,30,34). The number of rotatable bonds is 6. The van der Waals surface area contributed by atoms with Crippen LogP contribution in [0.15, 0.2) is 72.8 Å². The van der Waals surface area contributed by atoms with Crippen molar-refractivity contribution in [2.75, 3.05) is 7.11 Å². The topological polar surface area (TPSA) is 111 Å². The molecule has 8 heteroatoms. The number of carbonyl (C=O) groups is 1. The summed E-state index contributed by atoms with van der Waals surface area (Å²) in [6.07, 6.45) is 0. The molecule has 0 aliphatic rings. The summed E-state index contributed by atoms with van der Waals surface area (Å²) in [4.78, 5) is 26.0. The second-order valence-electron chi connectivity index (χ2n) is 9.44. The number of nitrogens with two attached hydrogens (primary N) is 1. The summed E-state index contributed by atoms with van der Waals surface area (Å²) < 4.78 is 5.35. The number of hydrogen-bond acceptors (Lipinski definition) is 6. The highest BCUT2D eigenvalue weighted by molar-refractivity contribution is 6.33. The monoisotopic (exact) mass is 502 g/mol. The summed E-state index contributed by atoms with van der Waals surface area (Å²) in [5.74, 6) is -0.294. The van der Waals surface area contributed by atoms with Crippen molar-refractivity contribution in [2.45, 2.75) is 31.8 Å². The highest BCUT2D eigenvalue weighted by Crippen LogP contribution is 2.36. The van der Waals surface area contributed by atoms with Crippen molar-refractivity contribution >= 4 is 17.5 Å². The fraction of sp³-hybridized carbons (Fsp3) is 0.214. The van der Waals surface area contributed by atoms with E-state index in [0.717, 1.165) is 11.1 Å². The van der Waals surface area contributed by atoms with Crippen LogP contribution in [-0.4, -0.2) is 33.1 Å². The first-order valence-electron chi connectivity index (χ1n) is 11.3. The number of carbonyl (C=O) groups excluding carboxylic acids is 1. The van der Waals surface area contributed by atoms with Gasteiger partial charge in [-0.2, -0.15) is 9.97 Å². The predicted octanol–water partition coefficient (Wildman–Crippen LogP) is 4.89. The lowest BCUT2D eigenvalue weighted by Crippen LogP contribution is -2.42. The van der Waals surface area contributed by atoms with E-state index in [0.29, 0.717) is 22.0 Å². The second-order valence-corrected chi connectivity index (χ2v) is 9.84. The molecule has 0 radical (unpaired) electrons. The van der Waals surface area contributed by atoms with Crippen LogP contribution in [0.25, 0.3) is 22.8 Å². The van der Waals surface area contributed by atoms with E-state index in [1.54, 1.807) is 48.5 Å². The van der Waals surface area contributed by atoms with Crippen LogP contribution < -0.4 is 10.5 Å². The molecule has 7 nitrogen and oxygen atoms in total. The molecular weight excluding hydrogens is 476 g/mol. The zero-order valence-electron chi connectivity index (χ0n) is 20.5. The maximum atomic E-state index is 12.5. The lowest BCUT2D eigenvalue weighted by atomic mass is 9.85. The molecule has 4 aromatic rings. The number of primary amides is 1. The first kappa shape index (κ1) is 25.3. The first-order chi connectivity index (χ1) is 17.0. The van der Waals surface area contributed by atoms with Crippen LogP contribution in [0.4, 0.5) is 0 Å². The Labute approximate surface area is 215 Å². The molecule has 0 fully saturated rings. The van der Waals surface area contributed by atoms with Gasteiger partial charge in [-0.3, -0.25) is 4.79 Å². The Balaban J connectivity index is 1.88. The van der Waals surface area contributed by atoms with Crippen molar-refractivity contribution < 1.29 is 14.6 Å². The highest BCUT2D eigenvalue weighted by Gasteiger charge is 2.38. The zero-order chi connectivity index (χ0) is 26.1. The Morgan fingerprint density at radius 2 is 1.53 bits per heavy atom. The van der Waals surface area contributed by atoms with Gasteiger partial charge < -0.3 is 15.6 Å².